The number of hydrogen-bond acceptors (Lipinski definition) is 1. The largest absolute Gasteiger partial charge is 0.348 e. The van der Waals surface area contributed by atoms with E-state index in [0.29, 0.717) is 16.1 Å². The monoisotopic (exact) mass is 283 g/mol. The number of carbonyl (C=O) groups excluding carboxylic acids is 1. The summed E-state index contributed by atoms with van der Waals surface area (Å²) in [7, 11) is 0. The molecule has 3 rings (SSSR count). The molecule has 0 spiro atoms. The normalized spacial score (nSPS) is 10.9. The van der Waals surface area contributed by atoms with E-state index >= 15 is 0 Å². The summed E-state index contributed by atoms with van der Waals surface area (Å²) in [6.45, 7) is 3.03. The van der Waals surface area contributed by atoms with Crippen LogP contribution in [0.1, 0.15) is 22.8 Å². The standard InChI is InChI=1S/C17H14ClNO/c1-2-19-10-9-13-11-14(5-8-16(13)19)17(20)12-3-6-15(18)7-4-12/h3-11H,2H2,1H3. The second-order valence-electron chi connectivity index (χ2n) is 4.71. The molecule has 3 aromatic rings. The van der Waals surface area contributed by atoms with Crippen LogP contribution in [0.4, 0.5) is 0 Å². The second-order valence-corrected chi connectivity index (χ2v) is 5.15. The molecule has 3 heteroatoms. The topological polar surface area (TPSA) is 22.0 Å². The number of rotatable bonds is 3. The summed E-state index contributed by atoms with van der Waals surface area (Å²) in [4.78, 5) is 12.4. The van der Waals surface area contributed by atoms with Gasteiger partial charge in [-0.25, -0.2) is 0 Å². The van der Waals surface area contributed by atoms with Crippen LogP contribution in [0.15, 0.2) is 54.7 Å². The molecule has 2 nitrogen and oxygen atoms in total. The first kappa shape index (κ1) is 12.9. The third-order valence-electron chi connectivity index (χ3n) is 3.48. The number of aryl methyl sites for hydroxylation is 1. The molecule has 0 radical (unpaired) electrons. The Bertz CT molecular complexity index is 771. The zero-order valence-corrected chi connectivity index (χ0v) is 11.9. The molecule has 0 aliphatic rings. The van der Waals surface area contributed by atoms with E-state index in [1.165, 1.54) is 0 Å². The Hall–Kier alpha value is -2.06. The van der Waals surface area contributed by atoms with Crippen LogP contribution in [-0.2, 0) is 6.54 Å². The minimum atomic E-state index is 0.0211. The van der Waals surface area contributed by atoms with E-state index in [0.717, 1.165) is 17.4 Å². The van der Waals surface area contributed by atoms with Crippen molar-refractivity contribution in [3.05, 3.63) is 70.9 Å². The zero-order chi connectivity index (χ0) is 14.1. The molecule has 0 atom stereocenters. The van der Waals surface area contributed by atoms with Crippen molar-refractivity contribution in [1.82, 2.24) is 4.57 Å². The molecule has 0 N–H and O–H groups in total. The number of ketones is 1. The van der Waals surface area contributed by atoms with Crippen LogP contribution in [0, 0.1) is 0 Å². The van der Waals surface area contributed by atoms with Gasteiger partial charge in [0.25, 0.3) is 0 Å². The van der Waals surface area contributed by atoms with Crippen LogP contribution >= 0.6 is 11.6 Å². The first-order valence-electron chi connectivity index (χ1n) is 6.58. The Balaban J connectivity index is 2.01. The van der Waals surface area contributed by atoms with Crippen molar-refractivity contribution in [3.63, 3.8) is 0 Å². The van der Waals surface area contributed by atoms with E-state index in [1.54, 1.807) is 24.3 Å². The van der Waals surface area contributed by atoms with Crippen molar-refractivity contribution in [1.29, 1.82) is 0 Å². The number of fused-ring (bicyclic) bond motifs is 1. The second kappa shape index (κ2) is 5.14. The molecule has 100 valence electrons. The lowest BCUT2D eigenvalue weighted by atomic mass is 10.0. The average molecular weight is 284 g/mol. The highest BCUT2D eigenvalue weighted by atomic mass is 35.5. The lowest BCUT2D eigenvalue weighted by molar-refractivity contribution is 0.103. The van der Waals surface area contributed by atoms with Gasteiger partial charge in [0.1, 0.15) is 0 Å². The van der Waals surface area contributed by atoms with Crippen molar-refractivity contribution < 1.29 is 4.79 Å². The molecule has 0 unspecified atom stereocenters. The Morgan fingerprint density at radius 1 is 1.05 bits per heavy atom. The molecule has 0 saturated heterocycles. The number of aromatic nitrogens is 1. The third-order valence-corrected chi connectivity index (χ3v) is 3.73. The van der Waals surface area contributed by atoms with Crippen LogP contribution in [0.25, 0.3) is 10.9 Å². The van der Waals surface area contributed by atoms with Crippen LogP contribution < -0.4 is 0 Å². The highest BCUT2D eigenvalue weighted by Gasteiger charge is 2.10. The maximum atomic E-state index is 12.4. The molecular formula is C17H14ClNO. The van der Waals surface area contributed by atoms with E-state index in [1.807, 2.05) is 30.5 Å². The molecule has 1 heterocycles. The average Bonchev–Trinajstić information content (AvgIpc) is 2.89. The van der Waals surface area contributed by atoms with Crippen LogP contribution in [-0.4, -0.2) is 10.4 Å². The van der Waals surface area contributed by atoms with Gasteiger partial charge in [-0.1, -0.05) is 11.6 Å². The third kappa shape index (κ3) is 2.23. The van der Waals surface area contributed by atoms with E-state index in [-0.39, 0.29) is 5.78 Å². The molecule has 20 heavy (non-hydrogen) atoms. The number of benzene rings is 2. The van der Waals surface area contributed by atoms with E-state index in [9.17, 15) is 4.79 Å². The predicted octanol–water partition coefficient (Wildman–Crippen LogP) is 4.55. The van der Waals surface area contributed by atoms with Gasteiger partial charge >= 0.3 is 0 Å². The van der Waals surface area contributed by atoms with Crippen molar-refractivity contribution in [2.24, 2.45) is 0 Å². The van der Waals surface area contributed by atoms with E-state index < -0.39 is 0 Å². The molecule has 0 aliphatic heterocycles. The van der Waals surface area contributed by atoms with Crippen molar-refractivity contribution in [2.45, 2.75) is 13.5 Å². The summed E-state index contributed by atoms with van der Waals surface area (Å²) in [6.07, 6.45) is 2.04. The highest BCUT2D eigenvalue weighted by molar-refractivity contribution is 6.30. The SMILES string of the molecule is CCn1ccc2cc(C(=O)c3ccc(Cl)cc3)ccc21. The zero-order valence-electron chi connectivity index (χ0n) is 11.1. The maximum absolute atomic E-state index is 12.4. The van der Waals surface area contributed by atoms with Crippen molar-refractivity contribution in [2.75, 3.05) is 0 Å². The molecule has 0 amide bonds. The number of carbonyl (C=O) groups is 1. The summed E-state index contributed by atoms with van der Waals surface area (Å²) in [5.74, 6) is 0.0211. The fourth-order valence-corrected chi connectivity index (χ4v) is 2.51. The smallest absolute Gasteiger partial charge is 0.193 e. The molecular weight excluding hydrogens is 270 g/mol. The van der Waals surface area contributed by atoms with Crippen molar-refractivity contribution >= 4 is 28.3 Å². The van der Waals surface area contributed by atoms with Gasteiger partial charge in [0.05, 0.1) is 0 Å². The maximum Gasteiger partial charge on any atom is 0.193 e. The van der Waals surface area contributed by atoms with Gasteiger partial charge in [-0.2, -0.15) is 0 Å². The van der Waals surface area contributed by atoms with Gasteiger partial charge in [-0.05, 0) is 55.5 Å². The van der Waals surface area contributed by atoms with Gasteiger partial charge in [-0.3, -0.25) is 4.79 Å². The first-order valence-corrected chi connectivity index (χ1v) is 6.96. The van der Waals surface area contributed by atoms with E-state index in [4.69, 9.17) is 11.6 Å². The number of nitrogens with zero attached hydrogens (tertiary/aromatic N) is 1. The summed E-state index contributed by atoms with van der Waals surface area (Å²) in [5, 5.41) is 1.73. The number of hydrogen-bond donors (Lipinski definition) is 0. The summed E-state index contributed by atoms with van der Waals surface area (Å²) < 4.78 is 2.16. The fraction of sp³-hybridized carbons (Fsp3) is 0.118. The van der Waals surface area contributed by atoms with Crippen LogP contribution in [0.2, 0.25) is 5.02 Å². The van der Waals surface area contributed by atoms with Gasteiger partial charge in [0.2, 0.25) is 0 Å². The minimum Gasteiger partial charge on any atom is -0.348 e. The molecule has 0 aliphatic carbocycles. The Kier molecular flexibility index (Phi) is 3.33. The Morgan fingerprint density at radius 2 is 1.75 bits per heavy atom. The molecule has 0 bridgehead atoms. The molecule has 1 aromatic heterocycles. The lowest BCUT2D eigenvalue weighted by Gasteiger charge is -2.04. The van der Waals surface area contributed by atoms with Crippen LogP contribution in [0.5, 0.6) is 0 Å². The minimum absolute atomic E-state index is 0.0211. The predicted molar refractivity (Wildman–Crippen MR) is 82.5 cm³/mol. The summed E-state index contributed by atoms with van der Waals surface area (Å²) >= 11 is 5.85. The van der Waals surface area contributed by atoms with Crippen molar-refractivity contribution in [3.8, 4) is 0 Å². The van der Waals surface area contributed by atoms with E-state index in [2.05, 4.69) is 11.5 Å². The Labute approximate surface area is 122 Å². The van der Waals surface area contributed by atoms with Gasteiger partial charge in [0, 0.05) is 39.8 Å². The quantitative estimate of drug-likeness (QED) is 0.647. The number of halogens is 1. The summed E-state index contributed by atoms with van der Waals surface area (Å²) in [5.41, 5.74) is 2.51. The first-order chi connectivity index (χ1) is 9.69. The van der Waals surface area contributed by atoms with Gasteiger partial charge in [-0.15, -0.1) is 0 Å². The highest BCUT2D eigenvalue weighted by Crippen LogP contribution is 2.20. The summed E-state index contributed by atoms with van der Waals surface area (Å²) in [6, 6.07) is 14.9. The fourth-order valence-electron chi connectivity index (χ4n) is 2.39. The molecule has 0 saturated carbocycles. The molecule has 0 fully saturated rings. The molecule has 2 aromatic carbocycles. The lowest BCUT2D eigenvalue weighted by Crippen LogP contribution is -2.01. The van der Waals surface area contributed by atoms with Gasteiger partial charge < -0.3 is 4.57 Å². The van der Waals surface area contributed by atoms with Crippen LogP contribution in [0.3, 0.4) is 0 Å². The Morgan fingerprint density at radius 3 is 2.45 bits per heavy atom. The van der Waals surface area contributed by atoms with Gasteiger partial charge in [0.15, 0.2) is 5.78 Å².